The lowest BCUT2D eigenvalue weighted by Gasteiger charge is -2.27. The van der Waals surface area contributed by atoms with Crippen molar-refractivity contribution in [2.24, 2.45) is 5.92 Å². The SMILES string of the molecule is CCCCCC(O)C(Cc1cc(F)cnc1OC1CCCC1OC(=O)NC(C)(C)C)C(O)O. The lowest BCUT2D eigenvalue weighted by Crippen LogP contribution is -2.44. The predicted octanol–water partition coefficient (Wildman–Crippen LogP) is 3.46. The van der Waals surface area contributed by atoms with Crippen LogP contribution in [0.1, 0.15) is 78.2 Å². The summed E-state index contributed by atoms with van der Waals surface area (Å²) in [4.78, 5) is 16.3. The minimum Gasteiger partial charge on any atom is -0.470 e. The number of aliphatic hydroxyl groups is 3. The Balaban J connectivity index is 2.12. The minimum atomic E-state index is -1.78. The number of pyridine rings is 1. The van der Waals surface area contributed by atoms with Gasteiger partial charge in [0.2, 0.25) is 5.88 Å². The molecular weight excluding hydrogens is 431 g/mol. The molecule has 4 unspecified atom stereocenters. The van der Waals surface area contributed by atoms with E-state index < -0.39 is 48.0 Å². The monoisotopic (exact) mass is 470 g/mol. The van der Waals surface area contributed by atoms with Crippen molar-refractivity contribution < 1.29 is 34.0 Å². The molecule has 0 saturated heterocycles. The van der Waals surface area contributed by atoms with Gasteiger partial charge in [0.05, 0.1) is 12.3 Å². The third-order valence-electron chi connectivity index (χ3n) is 5.72. The fourth-order valence-corrected chi connectivity index (χ4v) is 4.01. The van der Waals surface area contributed by atoms with Gasteiger partial charge in [-0.05, 0) is 58.9 Å². The third kappa shape index (κ3) is 9.06. The van der Waals surface area contributed by atoms with E-state index in [1.165, 1.54) is 6.07 Å². The number of rotatable bonds is 11. The van der Waals surface area contributed by atoms with Crippen LogP contribution >= 0.6 is 0 Å². The minimum absolute atomic E-state index is 0.0200. The van der Waals surface area contributed by atoms with Gasteiger partial charge in [-0.25, -0.2) is 14.2 Å². The zero-order valence-electron chi connectivity index (χ0n) is 20.1. The smallest absolute Gasteiger partial charge is 0.407 e. The van der Waals surface area contributed by atoms with E-state index in [1.807, 2.05) is 27.7 Å². The highest BCUT2D eigenvalue weighted by atomic mass is 19.1. The Bertz CT molecular complexity index is 755. The number of carbonyl (C=O) groups is 1. The summed E-state index contributed by atoms with van der Waals surface area (Å²) in [7, 11) is 0. The van der Waals surface area contributed by atoms with Crippen molar-refractivity contribution in [2.75, 3.05) is 0 Å². The highest BCUT2D eigenvalue weighted by Crippen LogP contribution is 2.30. The van der Waals surface area contributed by atoms with Gasteiger partial charge in [-0.3, -0.25) is 0 Å². The topological polar surface area (TPSA) is 121 Å². The van der Waals surface area contributed by atoms with Gasteiger partial charge < -0.3 is 30.1 Å². The van der Waals surface area contributed by atoms with E-state index in [0.29, 0.717) is 24.8 Å². The van der Waals surface area contributed by atoms with Gasteiger partial charge in [0, 0.05) is 17.0 Å². The normalized spacial score (nSPS) is 20.5. The number of carbonyl (C=O) groups excluding carboxylic acids is 1. The zero-order valence-corrected chi connectivity index (χ0v) is 20.1. The molecule has 1 aromatic heterocycles. The maximum Gasteiger partial charge on any atom is 0.407 e. The molecule has 188 valence electrons. The number of nitrogens with one attached hydrogen (secondary N) is 1. The van der Waals surface area contributed by atoms with Crippen molar-refractivity contribution in [1.29, 1.82) is 0 Å². The summed E-state index contributed by atoms with van der Waals surface area (Å²) in [5.74, 6) is -1.37. The van der Waals surface area contributed by atoms with Crippen LogP contribution in [-0.4, -0.2) is 56.5 Å². The Morgan fingerprint density at radius 1 is 1.24 bits per heavy atom. The summed E-state index contributed by atoms with van der Waals surface area (Å²) in [6.45, 7) is 7.61. The molecule has 0 spiro atoms. The number of halogens is 1. The highest BCUT2D eigenvalue weighted by molar-refractivity contribution is 5.68. The molecule has 1 aromatic rings. The number of hydrogen-bond acceptors (Lipinski definition) is 7. The van der Waals surface area contributed by atoms with Gasteiger partial charge >= 0.3 is 6.09 Å². The van der Waals surface area contributed by atoms with Crippen molar-refractivity contribution in [3.63, 3.8) is 0 Å². The zero-order chi connectivity index (χ0) is 24.6. The quantitative estimate of drug-likeness (QED) is 0.289. The number of unbranched alkanes of at least 4 members (excludes halogenated alkanes) is 2. The van der Waals surface area contributed by atoms with E-state index in [0.717, 1.165) is 31.9 Å². The molecule has 1 aliphatic rings. The molecule has 0 aliphatic heterocycles. The Labute approximate surface area is 195 Å². The molecule has 4 N–H and O–H groups in total. The average Bonchev–Trinajstić information content (AvgIpc) is 3.12. The molecule has 1 amide bonds. The number of aromatic nitrogens is 1. The number of hydrogen-bond donors (Lipinski definition) is 4. The molecular formula is C24H39FN2O6. The van der Waals surface area contributed by atoms with Crippen LogP contribution < -0.4 is 10.1 Å². The molecule has 0 aromatic carbocycles. The molecule has 2 rings (SSSR count). The van der Waals surface area contributed by atoms with Crippen LogP contribution in [0.3, 0.4) is 0 Å². The van der Waals surface area contributed by atoms with Crippen LogP contribution in [0.15, 0.2) is 12.3 Å². The Morgan fingerprint density at radius 3 is 2.58 bits per heavy atom. The molecule has 8 nitrogen and oxygen atoms in total. The van der Waals surface area contributed by atoms with Gasteiger partial charge in [-0.2, -0.15) is 0 Å². The van der Waals surface area contributed by atoms with Gasteiger partial charge in [0.15, 0.2) is 6.29 Å². The summed E-state index contributed by atoms with van der Waals surface area (Å²) in [5.41, 5.74) is -0.108. The van der Waals surface area contributed by atoms with Gasteiger partial charge in [-0.15, -0.1) is 0 Å². The highest BCUT2D eigenvalue weighted by Gasteiger charge is 2.35. The summed E-state index contributed by atoms with van der Waals surface area (Å²) >= 11 is 0. The third-order valence-corrected chi connectivity index (χ3v) is 5.72. The van der Waals surface area contributed by atoms with Gasteiger partial charge in [-0.1, -0.05) is 26.2 Å². The molecule has 1 saturated carbocycles. The standard InChI is InChI=1S/C24H39FN2O6/c1-5-6-7-9-18(28)17(22(29)30)13-15-12-16(25)14-26-21(15)32-19-10-8-11-20(19)33-23(31)27-24(2,3)4/h12,14,17-20,22,28-30H,5-11,13H2,1-4H3,(H,27,31). The van der Waals surface area contributed by atoms with E-state index in [1.54, 1.807) is 0 Å². The van der Waals surface area contributed by atoms with Crippen LogP contribution in [0, 0.1) is 11.7 Å². The van der Waals surface area contributed by atoms with Gasteiger partial charge in [0.1, 0.15) is 18.0 Å². The number of nitrogens with zero attached hydrogens (tertiary/aromatic N) is 1. The fraction of sp³-hybridized carbons (Fsp3) is 0.750. The first-order valence-corrected chi connectivity index (χ1v) is 11.8. The first-order valence-electron chi connectivity index (χ1n) is 11.8. The number of alkyl carbamates (subject to hydrolysis) is 1. The summed E-state index contributed by atoms with van der Waals surface area (Å²) < 4.78 is 25.6. The first kappa shape index (κ1) is 27.3. The van der Waals surface area contributed by atoms with E-state index in [2.05, 4.69) is 10.3 Å². The molecule has 9 heteroatoms. The van der Waals surface area contributed by atoms with Crippen LogP contribution in [0.5, 0.6) is 5.88 Å². The second-order valence-electron chi connectivity index (χ2n) is 9.87. The predicted molar refractivity (Wildman–Crippen MR) is 121 cm³/mol. The largest absolute Gasteiger partial charge is 0.470 e. The molecule has 4 atom stereocenters. The van der Waals surface area contributed by atoms with Crippen molar-refractivity contribution in [3.05, 3.63) is 23.6 Å². The number of ether oxygens (including phenoxy) is 2. The van der Waals surface area contributed by atoms with Crippen molar-refractivity contribution in [2.45, 2.75) is 109 Å². The summed E-state index contributed by atoms with van der Waals surface area (Å²) in [6.07, 6.45) is 1.92. The van der Waals surface area contributed by atoms with Crippen LogP contribution in [0.25, 0.3) is 0 Å². The number of aliphatic hydroxyl groups excluding tert-OH is 2. The van der Waals surface area contributed by atoms with Crippen molar-refractivity contribution in [1.82, 2.24) is 10.3 Å². The summed E-state index contributed by atoms with van der Waals surface area (Å²) in [6, 6.07) is 1.23. The first-order chi connectivity index (χ1) is 15.5. The van der Waals surface area contributed by atoms with E-state index in [-0.39, 0.29) is 12.3 Å². The number of amides is 1. The van der Waals surface area contributed by atoms with Crippen LogP contribution in [0.4, 0.5) is 9.18 Å². The van der Waals surface area contributed by atoms with Gasteiger partial charge in [0.25, 0.3) is 0 Å². The maximum atomic E-state index is 14.0. The Hall–Kier alpha value is -1.97. The summed E-state index contributed by atoms with van der Waals surface area (Å²) in [5, 5.41) is 33.0. The molecule has 1 heterocycles. The van der Waals surface area contributed by atoms with E-state index in [9.17, 15) is 24.5 Å². The average molecular weight is 471 g/mol. The molecule has 1 fully saturated rings. The Morgan fingerprint density at radius 2 is 1.94 bits per heavy atom. The Kier molecular flexibility index (Phi) is 10.3. The van der Waals surface area contributed by atoms with Crippen LogP contribution in [0.2, 0.25) is 0 Å². The van der Waals surface area contributed by atoms with Crippen LogP contribution in [-0.2, 0) is 11.2 Å². The second-order valence-corrected chi connectivity index (χ2v) is 9.87. The molecule has 0 radical (unpaired) electrons. The molecule has 1 aliphatic carbocycles. The van der Waals surface area contributed by atoms with E-state index >= 15 is 0 Å². The lowest BCUT2D eigenvalue weighted by molar-refractivity contribution is -0.119. The molecule has 0 bridgehead atoms. The van der Waals surface area contributed by atoms with Crippen molar-refractivity contribution >= 4 is 6.09 Å². The molecule has 33 heavy (non-hydrogen) atoms. The fourth-order valence-electron chi connectivity index (χ4n) is 4.01. The second kappa shape index (κ2) is 12.5. The van der Waals surface area contributed by atoms with E-state index in [4.69, 9.17) is 9.47 Å². The maximum absolute atomic E-state index is 14.0. The lowest BCUT2D eigenvalue weighted by atomic mass is 9.90. The van der Waals surface area contributed by atoms with Crippen molar-refractivity contribution in [3.8, 4) is 5.88 Å².